The van der Waals surface area contributed by atoms with E-state index in [0.29, 0.717) is 6.04 Å². The van der Waals surface area contributed by atoms with Crippen LogP contribution in [-0.4, -0.2) is 18.4 Å². The molecule has 1 spiro atoms. The lowest BCUT2D eigenvalue weighted by molar-refractivity contribution is -0.00357. The van der Waals surface area contributed by atoms with E-state index >= 15 is 0 Å². The van der Waals surface area contributed by atoms with Crippen LogP contribution in [0.4, 0.5) is 0 Å². The van der Waals surface area contributed by atoms with Gasteiger partial charge in [-0.25, -0.2) is 0 Å². The molecule has 1 N–H and O–H groups in total. The third-order valence-electron chi connectivity index (χ3n) is 2.53. The van der Waals surface area contributed by atoms with Gasteiger partial charge in [-0.3, -0.25) is 5.32 Å². The van der Waals surface area contributed by atoms with E-state index in [-0.39, 0.29) is 5.72 Å². The Hall–Kier alpha value is -0.0800. The van der Waals surface area contributed by atoms with Crippen molar-refractivity contribution in [3.8, 4) is 0 Å². The normalized spacial score (nSPS) is 37.5. The van der Waals surface area contributed by atoms with Gasteiger partial charge in [-0.15, -0.1) is 0 Å². The Balaban J connectivity index is 2.03. The van der Waals surface area contributed by atoms with Crippen LogP contribution in [0.2, 0.25) is 0 Å². The number of hydrogen-bond donors (Lipinski definition) is 1. The quantitative estimate of drug-likeness (QED) is 0.548. The summed E-state index contributed by atoms with van der Waals surface area (Å²) >= 11 is 0. The second-order valence-corrected chi connectivity index (χ2v) is 3.56. The third-order valence-corrected chi connectivity index (χ3v) is 2.53. The van der Waals surface area contributed by atoms with Crippen molar-refractivity contribution in [3.63, 3.8) is 0 Å². The highest BCUT2D eigenvalue weighted by atomic mass is 16.5. The SMILES string of the molecule is C[C@H]1COC2(CCCC2)N1. The molecule has 2 nitrogen and oxygen atoms in total. The lowest BCUT2D eigenvalue weighted by atomic mass is 10.2. The fourth-order valence-corrected chi connectivity index (χ4v) is 2.05. The van der Waals surface area contributed by atoms with Gasteiger partial charge in [-0.2, -0.15) is 0 Å². The fourth-order valence-electron chi connectivity index (χ4n) is 2.05. The maximum atomic E-state index is 5.70. The second-order valence-electron chi connectivity index (χ2n) is 3.56. The first kappa shape index (κ1) is 6.62. The summed E-state index contributed by atoms with van der Waals surface area (Å²) in [6.07, 6.45) is 5.11. The molecule has 10 heavy (non-hydrogen) atoms. The van der Waals surface area contributed by atoms with E-state index in [1.807, 2.05) is 0 Å². The maximum Gasteiger partial charge on any atom is 0.119 e. The van der Waals surface area contributed by atoms with Crippen molar-refractivity contribution >= 4 is 0 Å². The summed E-state index contributed by atoms with van der Waals surface area (Å²) in [5.41, 5.74) is 0.111. The number of rotatable bonds is 0. The predicted molar refractivity (Wildman–Crippen MR) is 39.7 cm³/mol. The first-order valence-electron chi connectivity index (χ1n) is 4.22. The minimum atomic E-state index is 0.111. The number of nitrogens with one attached hydrogen (secondary N) is 1. The molecule has 1 atom stereocenters. The van der Waals surface area contributed by atoms with Crippen LogP contribution >= 0.6 is 0 Å². The molecular formula is C8H15NO. The van der Waals surface area contributed by atoms with Crippen molar-refractivity contribution in [2.75, 3.05) is 6.61 Å². The molecule has 0 bridgehead atoms. The van der Waals surface area contributed by atoms with E-state index in [1.54, 1.807) is 0 Å². The topological polar surface area (TPSA) is 21.3 Å². The van der Waals surface area contributed by atoms with Gasteiger partial charge < -0.3 is 4.74 Å². The van der Waals surface area contributed by atoms with Crippen LogP contribution in [-0.2, 0) is 4.74 Å². The van der Waals surface area contributed by atoms with Gasteiger partial charge in [0.1, 0.15) is 5.72 Å². The smallest absolute Gasteiger partial charge is 0.119 e. The van der Waals surface area contributed by atoms with Gasteiger partial charge in [0.05, 0.1) is 6.61 Å². The van der Waals surface area contributed by atoms with Crippen LogP contribution in [0.15, 0.2) is 0 Å². The summed E-state index contributed by atoms with van der Waals surface area (Å²) in [7, 11) is 0. The minimum absolute atomic E-state index is 0.111. The number of hydrogen-bond acceptors (Lipinski definition) is 2. The van der Waals surface area contributed by atoms with Crippen molar-refractivity contribution in [3.05, 3.63) is 0 Å². The highest BCUT2D eigenvalue weighted by Gasteiger charge is 2.40. The fraction of sp³-hybridized carbons (Fsp3) is 1.00. The summed E-state index contributed by atoms with van der Waals surface area (Å²) in [4.78, 5) is 0. The predicted octanol–water partition coefficient (Wildman–Crippen LogP) is 1.26. The zero-order chi connectivity index (χ0) is 7.03. The minimum Gasteiger partial charge on any atom is -0.359 e. The van der Waals surface area contributed by atoms with E-state index in [2.05, 4.69) is 12.2 Å². The molecule has 0 aromatic carbocycles. The van der Waals surface area contributed by atoms with E-state index in [1.165, 1.54) is 25.7 Å². The van der Waals surface area contributed by atoms with Crippen molar-refractivity contribution < 1.29 is 4.74 Å². The monoisotopic (exact) mass is 141 g/mol. The molecule has 58 valence electrons. The van der Waals surface area contributed by atoms with Gasteiger partial charge in [0.15, 0.2) is 0 Å². The molecule has 1 aliphatic heterocycles. The summed E-state index contributed by atoms with van der Waals surface area (Å²) < 4.78 is 5.70. The molecule has 1 saturated carbocycles. The number of ether oxygens (including phenoxy) is 1. The summed E-state index contributed by atoms with van der Waals surface area (Å²) in [6, 6.07) is 0.568. The van der Waals surface area contributed by atoms with Crippen LogP contribution in [0.1, 0.15) is 32.6 Å². The van der Waals surface area contributed by atoms with Crippen molar-refractivity contribution in [1.29, 1.82) is 0 Å². The van der Waals surface area contributed by atoms with E-state index < -0.39 is 0 Å². The van der Waals surface area contributed by atoms with Crippen molar-refractivity contribution in [2.45, 2.75) is 44.4 Å². The molecule has 0 radical (unpaired) electrons. The lowest BCUT2D eigenvalue weighted by Crippen LogP contribution is -2.40. The Morgan fingerprint density at radius 2 is 2.10 bits per heavy atom. The Morgan fingerprint density at radius 1 is 1.40 bits per heavy atom. The molecule has 1 saturated heterocycles. The molecule has 2 aliphatic rings. The Bertz CT molecular complexity index is 129. The van der Waals surface area contributed by atoms with Gasteiger partial charge in [0.25, 0.3) is 0 Å². The van der Waals surface area contributed by atoms with Crippen molar-refractivity contribution in [1.82, 2.24) is 5.32 Å². The molecular weight excluding hydrogens is 126 g/mol. The highest BCUT2D eigenvalue weighted by molar-refractivity contribution is 4.90. The molecule has 2 heteroatoms. The van der Waals surface area contributed by atoms with Gasteiger partial charge in [0, 0.05) is 6.04 Å². The summed E-state index contributed by atoms with van der Waals surface area (Å²) in [5.74, 6) is 0. The maximum absolute atomic E-state index is 5.70. The zero-order valence-corrected chi connectivity index (χ0v) is 6.52. The van der Waals surface area contributed by atoms with Crippen LogP contribution in [0.5, 0.6) is 0 Å². The Labute approximate surface area is 61.9 Å². The van der Waals surface area contributed by atoms with E-state index in [9.17, 15) is 0 Å². The van der Waals surface area contributed by atoms with Gasteiger partial charge in [-0.05, 0) is 32.6 Å². The average Bonchev–Trinajstić information content (AvgIpc) is 2.46. The molecule has 0 amide bonds. The molecule has 1 heterocycles. The molecule has 2 fully saturated rings. The van der Waals surface area contributed by atoms with Gasteiger partial charge in [-0.1, -0.05) is 0 Å². The molecule has 1 aliphatic carbocycles. The van der Waals surface area contributed by atoms with Crippen LogP contribution in [0.3, 0.4) is 0 Å². The van der Waals surface area contributed by atoms with E-state index in [4.69, 9.17) is 4.74 Å². The van der Waals surface area contributed by atoms with Crippen LogP contribution in [0.25, 0.3) is 0 Å². The Morgan fingerprint density at radius 3 is 2.60 bits per heavy atom. The zero-order valence-electron chi connectivity index (χ0n) is 6.52. The van der Waals surface area contributed by atoms with Gasteiger partial charge in [0.2, 0.25) is 0 Å². The molecule has 0 aromatic rings. The Kier molecular flexibility index (Phi) is 1.46. The van der Waals surface area contributed by atoms with Crippen molar-refractivity contribution in [2.24, 2.45) is 0 Å². The highest BCUT2D eigenvalue weighted by Crippen LogP contribution is 2.34. The lowest BCUT2D eigenvalue weighted by Gasteiger charge is -2.22. The van der Waals surface area contributed by atoms with Crippen LogP contribution < -0.4 is 5.32 Å². The molecule has 0 unspecified atom stereocenters. The molecule has 2 rings (SSSR count). The standard InChI is InChI=1S/C8H15NO/c1-7-6-10-8(9-7)4-2-3-5-8/h7,9H,2-6H2,1H3/t7-/m0/s1. The second kappa shape index (κ2) is 2.21. The average molecular weight is 141 g/mol. The molecule has 0 aromatic heterocycles. The van der Waals surface area contributed by atoms with E-state index in [0.717, 1.165) is 6.61 Å². The third kappa shape index (κ3) is 0.956. The first-order valence-corrected chi connectivity index (χ1v) is 4.22. The summed E-state index contributed by atoms with van der Waals surface area (Å²) in [5, 5.41) is 3.51. The largest absolute Gasteiger partial charge is 0.359 e. The van der Waals surface area contributed by atoms with Crippen LogP contribution in [0, 0.1) is 0 Å². The van der Waals surface area contributed by atoms with Gasteiger partial charge >= 0.3 is 0 Å². The summed E-state index contributed by atoms with van der Waals surface area (Å²) in [6.45, 7) is 3.09. The first-order chi connectivity index (χ1) is 4.81.